The van der Waals surface area contributed by atoms with Crippen molar-refractivity contribution < 1.29 is 43.0 Å². The molecule has 3 aromatic carbocycles. The second-order valence-corrected chi connectivity index (χ2v) is 13.7. The van der Waals surface area contributed by atoms with Gasteiger partial charge >= 0.3 is 18.2 Å². The van der Waals surface area contributed by atoms with Gasteiger partial charge in [-0.3, -0.25) is 19.2 Å². The van der Waals surface area contributed by atoms with Crippen molar-refractivity contribution in [1.29, 1.82) is 0 Å². The van der Waals surface area contributed by atoms with E-state index in [4.69, 9.17) is 19.9 Å². The lowest BCUT2D eigenvalue weighted by molar-refractivity contribution is -0.151. The molecule has 14 heteroatoms. The smallest absolute Gasteiger partial charge is 0.408 e. The van der Waals surface area contributed by atoms with E-state index in [9.17, 15) is 28.8 Å². The first-order valence-electron chi connectivity index (χ1n) is 17.8. The number of nitrogens with one attached hydrogen (secondary N) is 3. The lowest BCUT2D eigenvalue weighted by Crippen LogP contribution is -2.57. The fourth-order valence-corrected chi connectivity index (χ4v) is 5.25. The van der Waals surface area contributed by atoms with Crippen LogP contribution in [0.3, 0.4) is 0 Å². The highest BCUT2D eigenvalue weighted by Crippen LogP contribution is 2.15. The Morgan fingerprint density at radius 3 is 1.78 bits per heavy atom. The molecule has 54 heavy (non-hydrogen) atoms. The topological polar surface area (TPSA) is 195 Å². The zero-order valence-corrected chi connectivity index (χ0v) is 31.2. The molecule has 0 aliphatic rings. The Kier molecular flexibility index (Phi) is 17.0. The van der Waals surface area contributed by atoms with Gasteiger partial charge in [-0.15, -0.1) is 0 Å². The van der Waals surface area contributed by atoms with Crippen LogP contribution in [-0.2, 0) is 53.0 Å². The largest absolute Gasteiger partial charge is 0.461 e. The van der Waals surface area contributed by atoms with Crippen molar-refractivity contribution in [2.24, 2.45) is 5.73 Å². The van der Waals surface area contributed by atoms with Gasteiger partial charge in [0, 0.05) is 20.0 Å². The minimum absolute atomic E-state index is 0.0692. The normalized spacial score (nSPS) is 12.6. The Morgan fingerprint density at radius 2 is 1.24 bits per heavy atom. The number of esters is 1. The van der Waals surface area contributed by atoms with Gasteiger partial charge in [0.15, 0.2) is 0 Å². The zero-order chi connectivity index (χ0) is 39.5. The van der Waals surface area contributed by atoms with Gasteiger partial charge in [-0.1, -0.05) is 91.0 Å². The maximum atomic E-state index is 14.1. The first-order valence-corrected chi connectivity index (χ1v) is 17.8. The van der Waals surface area contributed by atoms with Crippen molar-refractivity contribution >= 4 is 35.9 Å². The van der Waals surface area contributed by atoms with Crippen LogP contribution >= 0.6 is 0 Å². The van der Waals surface area contributed by atoms with E-state index < -0.39 is 66.0 Å². The standard InChI is InChI=1S/C40H51N5O9/c1-40(2,3)54-39(51)44-31(22-14-15-23-42-38(50)53-27-30-20-12-7-13-21-30)37(49)45(4)33(25-34(46)52-26-29-18-10-6-11-19-29)36(48)43-32(35(41)47)24-28-16-8-5-9-17-28/h5-13,16-21,31-33H,14-15,22-27H2,1-4H3,(H2,41,47)(H,42,50)(H,43,48)(H,44,51)/t31-,32-,33-/m0/s1. The number of likely N-dealkylation sites (N-methyl/N-ethyl adjacent to an activating group) is 1. The number of carbonyl (C=O) groups is 6. The minimum Gasteiger partial charge on any atom is -0.461 e. The Morgan fingerprint density at radius 1 is 0.704 bits per heavy atom. The number of ether oxygens (including phenoxy) is 3. The predicted octanol–water partition coefficient (Wildman–Crippen LogP) is 4.15. The first-order chi connectivity index (χ1) is 25.7. The maximum absolute atomic E-state index is 14.1. The molecule has 5 amide bonds. The molecule has 0 radical (unpaired) electrons. The Labute approximate surface area is 316 Å². The number of benzene rings is 3. The molecule has 0 spiro atoms. The van der Waals surface area contributed by atoms with Gasteiger partial charge in [0.1, 0.15) is 36.9 Å². The van der Waals surface area contributed by atoms with Gasteiger partial charge in [0.2, 0.25) is 17.7 Å². The quantitative estimate of drug-likeness (QED) is 0.0792. The molecule has 0 saturated heterocycles. The number of nitrogens with two attached hydrogens (primary N) is 1. The van der Waals surface area contributed by atoms with Crippen LogP contribution in [0.25, 0.3) is 0 Å². The predicted molar refractivity (Wildman–Crippen MR) is 200 cm³/mol. The Hall–Kier alpha value is -5.92. The molecule has 3 atom stereocenters. The van der Waals surface area contributed by atoms with Crippen LogP contribution < -0.4 is 21.7 Å². The number of hydrogen-bond acceptors (Lipinski definition) is 9. The number of carbonyl (C=O) groups excluding carboxylic acids is 6. The molecule has 3 rings (SSSR count). The van der Waals surface area contributed by atoms with E-state index in [1.54, 1.807) is 75.4 Å². The molecule has 0 bridgehead atoms. The number of unbranched alkanes of at least 4 members (excludes halogenated alkanes) is 1. The summed E-state index contributed by atoms with van der Waals surface area (Å²) in [5.74, 6) is -3.12. The van der Waals surface area contributed by atoms with Gasteiger partial charge < -0.3 is 40.8 Å². The van der Waals surface area contributed by atoms with E-state index >= 15 is 0 Å². The molecule has 0 aliphatic carbocycles. The van der Waals surface area contributed by atoms with E-state index in [0.717, 1.165) is 16.0 Å². The number of alkyl carbamates (subject to hydrolysis) is 2. The van der Waals surface area contributed by atoms with Gasteiger partial charge in [-0.2, -0.15) is 0 Å². The molecular weight excluding hydrogens is 694 g/mol. The van der Waals surface area contributed by atoms with Crippen molar-refractivity contribution in [3.63, 3.8) is 0 Å². The van der Waals surface area contributed by atoms with Crippen LogP contribution in [0.15, 0.2) is 91.0 Å². The molecule has 0 heterocycles. The number of hydrogen-bond donors (Lipinski definition) is 4. The van der Waals surface area contributed by atoms with Gasteiger partial charge in [0.05, 0.1) is 6.42 Å². The molecule has 0 saturated carbocycles. The molecule has 290 valence electrons. The summed E-state index contributed by atoms with van der Waals surface area (Å²) < 4.78 is 16.1. The van der Waals surface area contributed by atoms with E-state index in [0.29, 0.717) is 18.4 Å². The fraction of sp³-hybridized carbons (Fsp3) is 0.400. The third-order valence-corrected chi connectivity index (χ3v) is 8.05. The van der Waals surface area contributed by atoms with Crippen LogP contribution in [0.4, 0.5) is 9.59 Å². The number of rotatable bonds is 19. The second-order valence-electron chi connectivity index (χ2n) is 13.7. The Balaban J connectivity index is 1.74. The molecule has 5 N–H and O–H groups in total. The van der Waals surface area contributed by atoms with Gasteiger partial charge in [0.25, 0.3) is 0 Å². The summed E-state index contributed by atoms with van der Waals surface area (Å²) >= 11 is 0. The third-order valence-electron chi connectivity index (χ3n) is 8.05. The van der Waals surface area contributed by atoms with Gasteiger partial charge in [-0.05, 0) is 56.7 Å². The van der Waals surface area contributed by atoms with E-state index in [1.807, 2.05) is 36.4 Å². The highest BCUT2D eigenvalue weighted by Gasteiger charge is 2.36. The zero-order valence-electron chi connectivity index (χ0n) is 31.2. The lowest BCUT2D eigenvalue weighted by Gasteiger charge is -2.32. The van der Waals surface area contributed by atoms with E-state index in [1.165, 1.54) is 7.05 Å². The van der Waals surface area contributed by atoms with Crippen molar-refractivity contribution in [3.05, 3.63) is 108 Å². The fourth-order valence-electron chi connectivity index (χ4n) is 5.25. The van der Waals surface area contributed by atoms with Crippen molar-refractivity contribution in [3.8, 4) is 0 Å². The SMILES string of the molecule is CN(C(=O)[C@H](CCCCNC(=O)OCc1ccccc1)NC(=O)OC(C)(C)C)[C@@H](CC(=O)OCc1ccccc1)C(=O)N[C@@H](Cc1ccccc1)C(N)=O. The molecule has 14 nitrogen and oxygen atoms in total. The van der Waals surface area contributed by atoms with Crippen molar-refractivity contribution in [2.45, 2.75) is 89.8 Å². The molecular formula is C40H51N5O9. The van der Waals surface area contributed by atoms with Crippen LogP contribution in [-0.4, -0.2) is 78.1 Å². The highest BCUT2D eigenvalue weighted by molar-refractivity contribution is 5.95. The summed E-state index contributed by atoms with van der Waals surface area (Å²) in [5, 5.41) is 7.86. The summed E-state index contributed by atoms with van der Waals surface area (Å²) in [5.41, 5.74) is 7.06. The third kappa shape index (κ3) is 15.8. The van der Waals surface area contributed by atoms with Crippen LogP contribution in [0.1, 0.15) is 63.1 Å². The summed E-state index contributed by atoms with van der Waals surface area (Å²) in [6.45, 7) is 5.28. The number of primary amides is 1. The number of amides is 5. The highest BCUT2D eigenvalue weighted by atomic mass is 16.6. The minimum atomic E-state index is -1.46. The van der Waals surface area contributed by atoms with Crippen LogP contribution in [0.2, 0.25) is 0 Å². The second kappa shape index (κ2) is 21.6. The van der Waals surface area contributed by atoms with E-state index in [2.05, 4.69) is 16.0 Å². The summed E-state index contributed by atoms with van der Waals surface area (Å²) in [6, 6.07) is 23.2. The molecule has 0 unspecified atom stereocenters. The average Bonchev–Trinajstić information content (AvgIpc) is 3.14. The monoisotopic (exact) mass is 745 g/mol. The van der Waals surface area contributed by atoms with E-state index in [-0.39, 0.29) is 32.6 Å². The molecule has 0 fully saturated rings. The Bertz CT molecular complexity index is 1670. The maximum Gasteiger partial charge on any atom is 0.408 e. The first kappa shape index (κ1) is 42.5. The van der Waals surface area contributed by atoms with Crippen molar-refractivity contribution in [1.82, 2.24) is 20.9 Å². The lowest BCUT2D eigenvalue weighted by atomic mass is 10.0. The van der Waals surface area contributed by atoms with Crippen molar-refractivity contribution in [2.75, 3.05) is 13.6 Å². The molecule has 0 aliphatic heterocycles. The summed E-state index contributed by atoms with van der Waals surface area (Å²) in [7, 11) is 1.32. The molecule has 0 aromatic heterocycles. The average molecular weight is 746 g/mol. The van der Waals surface area contributed by atoms with Gasteiger partial charge in [-0.25, -0.2) is 9.59 Å². The van der Waals surface area contributed by atoms with Crippen LogP contribution in [0.5, 0.6) is 0 Å². The number of nitrogens with zero attached hydrogens (tertiary/aromatic N) is 1. The summed E-state index contributed by atoms with van der Waals surface area (Å²) in [4.78, 5) is 79.6. The summed E-state index contributed by atoms with van der Waals surface area (Å²) in [6.07, 6.45) is -1.10. The van der Waals surface area contributed by atoms with Crippen LogP contribution in [0, 0.1) is 0 Å². The molecule has 3 aromatic rings.